The van der Waals surface area contributed by atoms with E-state index in [0.717, 1.165) is 36.8 Å². The first kappa shape index (κ1) is 33.6. The monoisotopic (exact) mass is 684 g/mol. The quantitative estimate of drug-likeness (QED) is 0.183. The predicted octanol–water partition coefficient (Wildman–Crippen LogP) is 7.86. The number of halogens is 9. The van der Waals surface area contributed by atoms with Gasteiger partial charge in [0.2, 0.25) is 0 Å². The van der Waals surface area contributed by atoms with Crippen LogP contribution in [-0.2, 0) is 15.7 Å². The lowest BCUT2D eigenvalue weighted by atomic mass is 9.91. The molecule has 0 saturated heterocycles. The van der Waals surface area contributed by atoms with Gasteiger partial charge in [-0.25, -0.2) is 22.9 Å². The Morgan fingerprint density at radius 1 is 0.933 bits per heavy atom. The summed E-state index contributed by atoms with van der Waals surface area (Å²) in [4.78, 5) is 15.1. The minimum absolute atomic E-state index is 0.0243. The standard InChI is InChI=1S/C27H17F9N2O5S2/c1-12-15(13-3-5-14(6-4-13)25(30,26(31,32)33)27(34,35)36)7-8-16(22(12)29)23-37-21(11-44-23)45(41,42)38-19-10-18(28)17(24(39)40)9-20(19)43-2/h3-11,38H,1-2H3,(H,39,40). The number of methoxy groups -OCH3 is 1. The fourth-order valence-corrected chi connectivity index (χ4v) is 6.37. The number of carbonyl (C=O) groups is 1. The number of ether oxygens (including phenoxy) is 1. The van der Waals surface area contributed by atoms with Gasteiger partial charge >= 0.3 is 24.0 Å². The van der Waals surface area contributed by atoms with Crippen molar-refractivity contribution in [1.29, 1.82) is 0 Å². The Bertz CT molecular complexity index is 1870. The van der Waals surface area contributed by atoms with Crippen molar-refractivity contribution in [3.05, 3.63) is 82.2 Å². The van der Waals surface area contributed by atoms with Gasteiger partial charge in [0.1, 0.15) is 22.4 Å². The molecule has 0 unspecified atom stereocenters. The van der Waals surface area contributed by atoms with Gasteiger partial charge in [-0.3, -0.25) is 4.72 Å². The maximum Gasteiger partial charge on any atom is 0.435 e. The smallest absolute Gasteiger partial charge is 0.435 e. The zero-order valence-corrected chi connectivity index (χ0v) is 24.1. The summed E-state index contributed by atoms with van der Waals surface area (Å²) in [6.07, 6.45) is -12.6. The molecule has 2 N–H and O–H groups in total. The minimum Gasteiger partial charge on any atom is -0.495 e. The Hall–Kier alpha value is -4.32. The fraction of sp³-hybridized carbons (Fsp3) is 0.185. The molecule has 1 aromatic heterocycles. The molecule has 0 atom stereocenters. The van der Waals surface area contributed by atoms with Crippen molar-refractivity contribution >= 4 is 33.0 Å². The first-order valence-electron chi connectivity index (χ1n) is 12.0. The third kappa shape index (κ3) is 6.03. The van der Waals surface area contributed by atoms with Crippen LogP contribution in [0.1, 0.15) is 21.5 Å². The van der Waals surface area contributed by atoms with Gasteiger partial charge in [-0.05, 0) is 35.7 Å². The number of hydrogen-bond donors (Lipinski definition) is 2. The van der Waals surface area contributed by atoms with E-state index in [1.165, 1.54) is 13.0 Å². The highest BCUT2D eigenvalue weighted by atomic mass is 32.2. The van der Waals surface area contributed by atoms with Crippen molar-refractivity contribution in [2.75, 3.05) is 11.8 Å². The number of alkyl halides is 7. The molecule has 1 heterocycles. The van der Waals surface area contributed by atoms with E-state index in [1.54, 1.807) is 0 Å². The van der Waals surface area contributed by atoms with Crippen LogP contribution in [-0.4, -0.2) is 43.9 Å². The van der Waals surface area contributed by atoms with Crippen molar-refractivity contribution < 1.29 is 62.6 Å². The number of aromatic nitrogens is 1. The third-order valence-corrected chi connectivity index (χ3v) is 8.79. The third-order valence-electron chi connectivity index (χ3n) is 6.51. The van der Waals surface area contributed by atoms with E-state index >= 15 is 4.39 Å². The van der Waals surface area contributed by atoms with E-state index in [9.17, 15) is 48.3 Å². The van der Waals surface area contributed by atoms with Crippen LogP contribution in [0.25, 0.3) is 21.7 Å². The van der Waals surface area contributed by atoms with Crippen LogP contribution in [0, 0.1) is 18.6 Å². The Labute approximate surface area is 252 Å². The summed E-state index contributed by atoms with van der Waals surface area (Å²) in [6, 6.07) is 5.86. The molecular formula is C27H17F9N2O5S2. The largest absolute Gasteiger partial charge is 0.495 e. The van der Waals surface area contributed by atoms with Crippen LogP contribution in [0.5, 0.6) is 5.75 Å². The van der Waals surface area contributed by atoms with Gasteiger partial charge in [0.05, 0.1) is 18.4 Å². The number of sulfonamides is 1. The summed E-state index contributed by atoms with van der Waals surface area (Å²) < 4.78 is 155. The van der Waals surface area contributed by atoms with Crippen molar-refractivity contribution in [2.45, 2.75) is 30.0 Å². The van der Waals surface area contributed by atoms with Crippen molar-refractivity contribution in [3.8, 4) is 27.4 Å². The summed E-state index contributed by atoms with van der Waals surface area (Å²) in [5, 5.41) is 9.29. The van der Waals surface area contributed by atoms with Crippen LogP contribution in [0.3, 0.4) is 0 Å². The maximum absolute atomic E-state index is 15.5. The summed E-state index contributed by atoms with van der Waals surface area (Å²) in [6.45, 7) is 1.24. The highest BCUT2D eigenvalue weighted by molar-refractivity contribution is 7.92. The number of hydrogen-bond acceptors (Lipinski definition) is 6. The van der Waals surface area contributed by atoms with Crippen molar-refractivity contribution in [3.63, 3.8) is 0 Å². The summed E-state index contributed by atoms with van der Waals surface area (Å²) >= 11 is 0.685. The molecule has 0 spiro atoms. The number of carboxylic acids is 1. The van der Waals surface area contributed by atoms with E-state index in [0.29, 0.717) is 29.5 Å². The number of carboxylic acid groups (broad SMARTS) is 1. The Balaban J connectivity index is 1.65. The predicted molar refractivity (Wildman–Crippen MR) is 143 cm³/mol. The summed E-state index contributed by atoms with van der Waals surface area (Å²) in [5.74, 6) is -4.18. The molecule has 0 fully saturated rings. The van der Waals surface area contributed by atoms with Gasteiger partial charge in [-0.2, -0.15) is 34.8 Å². The summed E-state index contributed by atoms with van der Waals surface area (Å²) in [5.41, 5.74) is -8.98. The second-order valence-electron chi connectivity index (χ2n) is 9.26. The van der Waals surface area contributed by atoms with Gasteiger partial charge in [0.15, 0.2) is 5.03 Å². The molecule has 0 aliphatic carbocycles. The topological polar surface area (TPSA) is 106 Å². The average molecular weight is 685 g/mol. The minimum atomic E-state index is -6.31. The number of rotatable bonds is 8. The number of thiazole rings is 1. The van der Waals surface area contributed by atoms with Crippen molar-refractivity contribution in [1.82, 2.24) is 4.98 Å². The Morgan fingerprint density at radius 2 is 1.51 bits per heavy atom. The molecule has 3 aromatic carbocycles. The van der Waals surface area contributed by atoms with Crippen LogP contribution in [0.2, 0.25) is 0 Å². The van der Waals surface area contributed by atoms with Crippen molar-refractivity contribution in [2.24, 2.45) is 0 Å². The van der Waals surface area contributed by atoms with Crippen LogP contribution in [0.4, 0.5) is 45.2 Å². The molecule has 4 rings (SSSR count). The molecule has 0 aliphatic rings. The first-order valence-corrected chi connectivity index (χ1v) is 14.4. The second-order valence-corrected chi connectivity index (χ2v) is 11.8. The molecule has 4 aromatic rings. The van der Waals surface area contributed by atoms with Crippen LogP contribution >= 0.6 is 11.3 Å². The van der Waals surface area contributed by atoms with E-state index in [4.69, 9.17) is 9.84 Å². The highest BCUT2D eigenvalue weighted by Crippen LogP contribution is 2.53. The molecule has 0 saturated carbocycles. The van der Waals surface area contributed by atoms with Gasteiger partial charge in [0, 0.05) is 22.6 Å². The highest BCUT2D eigenvalue weighted by Gasteiger charge is 2.73. The first-order chi connectivity index (χ1) is 20.7. The SMILES string of the molecule is COc1cc(C(=O)O)c(F)cc1NS(=O)(=O)c1csc(-c2ccc(-c3ccc(C(F)(C(F)(F)F)C(F)(F)F)cc3)c(C)c2F)n1. The summed E-state index contributed by atoms with van der Waals surface area (Å²) in [7, 11) is -3.47. The second kappa shape index (κ2) is 11.6. The zero-order valence-electron chi connectivity index (χ0n) is 22.4. The van der Waals surface area contributed by atoms with Gasteiger partial charge in [0.25, 0.3) is 10.0 Å². The number of aromatic carboxylic acids is 1. The van der Waals surface area contributed by atoms with Crippen LogP contribution in [0.15, 0.2) is 58.9 Å². The lowest BCUT2D eigenvalue weighted by Crippen LogP contribution is -2.50. The number of nitrogens with zero attached hydrogens (tertiary/aromatic N) is 1. The maximum atomic E-state index is 15.5. The molecule has 0 amide bonds. The molecule has 240 valence electrons. The van der Waals surface area contributed by atoms with Gasteiger partial charge in [-0.15, -0.1) is 11.3 Å². The van der Waals surface area contributed by atoms with E-state index in [2.05, 4.69) is 4.98 Å². The van der Waals surface area contributed by atoms with Crippen LogP contribution < -0.4 is 9.46 Å². The Kier molecular flexibility index (Phi) is 8.62. The molecule has 0 radical (unpaired) electrons. The van der Waals surface area contributed by atoms with E-state index in [1.807, 2.05) is 4.72 Å². The van der Waals surface area contributed by atoms with E-state index < -0.39 is 67.5 Å². The molecule has 0 bridgehead atoms. The molecule has 18 heteroatoms. The number of anilines is 1. The van der Waals surface area contributed by atoms with E-state index in [-0.39, 0.29) is 33.0 Å². The van der Waals surface area contributed by atoms with Gasteiger partial charge in [-0.1, -0.05) is 30.3 Å². The number of nitrogens with one attached hydrogen (secondary N) is 1. The van der Waals surface area contributed by atoms with Gasteiger partial charge < -0.3 is 9.84 Å². The molecule has 7 nitrogen and oxygen atoms in total. The average Bonchev–Trinajstić information content (AvgIpc) is 3.44. The lowest BCUT2D eigenvalue weighted by molar-refractivity contribution is -0.348. The normalized spacial score (nSPS) is 12.7. The Morgan fingerprint density at radius 3 is 2.04 bits per heavy atom. The molecule has 0 aliphatic heterocycles. The lowest BCUT2D eigenvalue weighted by Gasteiger charge is -2.30. The zero-order chi connectivity index (χ0) is 33.7. The molecular weight excluding hydrogens is 667 g/mol. The number of benzene rings is 3. The molecule has 45 heavy (non-hydrogen) atoms. The fourth-order valence-electron chi connectivity index (χ4n) is 4.20.